The second-order valence-electron chi connectivity index (χ2n) is 3.01. The number of rotatable bonds is 5. The van der Waals surface area contributed by atoms with Crippen molar-refractivity contribution < 1.29 is 9.66 Å². The van der Waals surface area contributed by atoms with Gasteiger partial charge >= 0.3 is 0 Å². The van der Waals surface area contributed by atoms with Gasteiger partial charge in [0, 0.05) is 11.3 Å². The van der Waals surface area contributed by atoms with Gasteiger partial charge in [-0.25, -0.2) is 0 Å². The van der Waals surface area contributed by atoms with Crippen LogP contribution in [-0.2, 0) is 6.42 Å². The van der Waals surface area contributed by atoms with Gasteiger partial charge in [-0.15, -0.1) is 0 Å². The van der Waals surface area contributed by atoms with Gasteiger partial charge in [-0.1, -0.05) is 12.1 Å². The van der Waals surface area contributed by atoms with Gasteiger partial charge in [-0.05, 0) is 24.1 Å². The third kappa shape index (κ3) is 3.43. The van der Waals surface area contributed by atoms with Crippen molar-refractivity contribution in [2.45, 2.75) is 12.8 Å². The van der Waals surface area contributed by atoms with Gasteiger partial charge in [0.25, 0.3) is 0 Å². The molecule has 1 rings (SSSR count). The van der Waals surface area contributed by atoms with Crippen molar-refractivity contribution in [1.82, 2.24) is 0 Å². The normalized spacial score (nSPS) is 9.79. The van der Waals surface area contributed by atoms with Gasteiger partial charge in [0.2, 0.25) is 6.54 Å². The van der Waals surface area contributed by atoms with Crippen molar-refractivity contribution in [2.75, 3.05) is 13.7 Å². The monoisotopic (exact) mass is 195 g/mol. The molecule has 14 heavy (non-hydrogen) atoms. The van der Waals surface area contributed by atoms with E-state index < -0.39 is 0 Å². The number of methoxy groups -OCH3 is 1. The Labute approximate surface area is 82.7 Å². The number of hydrogen-bond donors (Lipinski definition) is 0. The van der Waals surface area contributed by atoms with Crippen LogP contribution in [-0.4, -0.2) is 18.6 Å². The van der Waals surface area contributed by atoms with Crippen molar-refractivity contribution in [3.8, 4) is 5.75 Å². The Hall–Kier alpha value is -1.58. The van der Waals surface area contributed by atoms with Crippen molar-refractivity contribution in [2.24, 2.45) is 0 Å². The molecule has 0 unspecified atom stereocenters. The number of aryl methyl sites for hydroxylation is 1. The van der Waals surface area contributed by atoms with E-state index in [-0.39, 0.29) is 11.5 Å². The summed E-state index contributed by atoms with van der Waals surface area (Å²) in [4.78, 5) is 9.79. The molecule has 0 N–H and O–H groups in total. The van der Waals surface area contributed by atoms with E-state index in [4.69, 9.17) is 4.74 Å². The van der Waals surface area contributed by atoms with E-state index in [1.54, 1.807) is 7.11 Å². The predicted molar refractivity (Wildman–Crippen MR) is 53.2 cm³/mol. The minimum Gasteiger partial charge on any atom is -0.497 e. The second-order valence-corrected chi connectivity index (χ2v) is 3.01. The van der Waals surface area contributed by atoms with Gasteiger partial charge in [0.1, 0.15) is 5.75 Å². The number of ether oxygens (including phenoxy) is 1. The van der Waals surface area contributed by atoms with Crippen LogP contribution in [0.5, 0.6) is 5.75 Å². The minimum absolute atomic E-state index is 0.0338. The maximum Gasteiger partial charge on any atom is 0.204 e. The van der Waals surface area contributed by atoms with E-state index >= 15 is 0 Å². The van der Waals surface area contributed by atoms with Crippen LogP contribution in [0.25, 0.3) is 0 Å². The van der Waals surface area contributed by atoms with Crippen LogP contribution in [0.15, 0.2) is 24.3 Å². The maximum atomic E-state index is 10.1. The number of nitro groups is 1. The molecule has 0 bridgehead atoms. The molecule has 0 aromatic heterocycles. The molecular formula is C10H13NO3. The summed E-state index contributed by atoms with van der Waals surface area (Å²) in [7, 11) is 1.61. The lowest BCUT2D eigenvalue weighted by Crippen LogP contribution is -2.01. The average molecular weight is 195 g/mol. The maximum absolute atomic E-state index is 10.1. The topological polar surface area (TPSA) is 52.4 Å². The van der Waals surface area contributed by atoms with Crippen molar-refractivity contribution in [3.05, 3.63) is 39.9 Å². The van der Waals surface area contributed by atoms with Crippen LogP contribution in [0, 0.1) is 10.1 Å². The van der Waals surface area contributed by atoms with Crippen LogP contribution in [0.2, 0.25) is 0 Å². The molecule has 0 fully saturated rings. The molecule has 1 aromatic rings. The Morgan fingerprint density at radius 1 is 1.36 bits per heavy atom. The minimum atomic E-state index is -0.288. The van der Waals surface area contributed by atoms with Gasteiger partial charge < -0.3 is 4.74 Å². The SMILES string of the molecule is COc1ccc(CCC[N+](=O)[O-])cc1. The molecule has 0 amide bonds. The first-order valence-electron chi connectivity index (χ1n) is 4.47. The quantitative estimate of drug-likeness (QED) is 0.532. The highest BCUT2D eigenvalue weighted by Crippen LogP contribution is 2.12. The Morgan fingerprint density at radius 3 is 2.50 bits per heavy atom. The molecule has 0 aliphatic heterocycles. The second kappa shape index (κ2) is 5.21. The number of nitrogens with zero attached hydrogens (tertiary/aromatic N) is 1. The first kappa shape index (κ1) is 10.5. The third-order valence-electron chi connectivity index (χ3n) is 1.97. The van der Waals surface area contributed by atoms with E-state index in [2.05, 4.69) is 0 Å². The van der Waals surface area contributed by atoms with Crippen molar-refractivity contribution in [3.63, 3.8) is 0 Å². The number of hydrogen-bond acceptors (Lipinski definition) is 3. The van der Waals surface area contributed by atoms with E-state index in [9.17, 15) is 10.1 Å². The zero-order valence-corrected chi connectivity index (χ0v) is 8.10. The van der Waals surface area contributed by atoms with Gasteiger partial charge in [0.05, 0.1) is 7.11 Å². The van der Waals surface area contributed by atoms with Crippen molar-refractivity contribution >= 4 is 0 Å². The Balaban J connectivity index is 2.40. The van der Waals surface area contributed by atoms with Crippen LogP contribution in [0.4, 0.5) is 0 Å². The molecule has 0 radical (unpaired) electrons. The fourth-order valence-corrected chi connectivity index (χ4v) is 1.20. The first-order valence-corrected chi connectivity index (χ1v) is 4.47. The molecule has 0 atom stereocenters. The molecular weight excluding hydrogens is 182 g/mol. The van der Waals surface area contributed by atoms with E-state index in [1.807, 2.05) is 24.3 Å². The highest BCUT2D eigenvalue weighted by molar-refractivity contribution is 5.27. The van der Waals surface area contributed by atoms with E-state index in [0.717, 1.165) is 17.7 Å². The standard InChI is InChI=1S/C10H13NO3/c1-14-10-6-4-9(5-7-10)3-2-8-11(12)13/h4-7H,2-3,8H2,1H3. The third-order valence-corrected chi connectivity index (χ3v) is 1.97. The molecule has 0 heterocycles. The van der Waals surface area contributed by atoms with Crippen LogP contribution in [0.3, 0.4) is 0 Å². The summed E-state index contributed by atoms with van der Waals surface area (Å²) in [5.41, 5.74) is 1.10. The lowest BCUT2D eigenvalue weighted by molar-refractivity contribution is -0.480. The van der Waals surface area contributed by atoms with Crippen molar-refractivity contribution in [1.29, 1.82) is 0 Å². The van der Waals surface area contributed by atoms with E-state index in [0.29, 0.717) is 6.42 Å². The highest BCUT2D eigenvalue weighted by atomic mass is 16.6. The zero-order chi connectivity index (χ0) is 10.4. The van der Waals surface area contributed by atoms with Crippen LogP contribution < -0.4 is 4.74 Å². The fourth-order valence-electron chi connectivity index (χ4n) is 1.20. The van der Waals surface area contributed by atoms with Gasteiger partial charge in [0.15, 0.2) is 0 Å². The average Bonchev–Trinajstić information content (AvgIpc) is 2.18. The summed E-state index contributed by atoms with van der Waals surface area (Å²) in [5.74, 6) is 0.808. The lowest BCUT2D eigenvalue weighted by atomic mass is 10.1. The summed E-state index contributed by atoms with van der Waals surface area (Å²) in [5, 5.41) is 10.1. The molecule has 0 aliphatic carbocycles. The van der Waals surface area contributed by atoms with Gasteiger partial charge in [-0.2, -0.15) is 0 Å². The Bertz CT molecular complexity index is 295. The molecule has 0 aliphatic rings. The molecule has 4 nitrogen and oxygen atoms in total. The lowest BCUT2D eigenvalue weighted by Gasteiger charge is -2.01. The summed E-state index contributed by atoms with van der Waals surface area (Å²) in [6.45, 7) is 0.0338. The Morgan fingerprint density at radius 2 is 2.00 bits per heavy atom. The van der Waals surface area contributed by atoms with Crippen LogP contribution in [0.1, 0.15) is 12.0 Å². The fraction of sp³-hybridized carbons (Fsp3) is 0.400. The smallest absolute Gasteiger partial charge is 0.204 e. The molecule has 1 aromatic carbocycles. The van der Waals surface area contributed by atoms with Gasteiger partial charge in [-0.3, -0.25) is 10.1 Å². The largest absolute Gasteiger partial charge is 0.497 e. The first-order chi connectivity index (χ1) is 6.72. The summed E-state index contributed by atoms with van der Waals surface area (Å²) in [6, 6.07) is 7.58. The summed E-state index contributed by atoms with van der Waals surface area (Å²) >= 11 is 0. The molecule has 0 saturated heterocycles. The van der Waals surface area contributed by atoms with E-state index in [1.165, 1.54) is 0 Å². The molecule has 0 saturated carbocycles. The summed E-state index contributed by atoms with van der Waals surface area (Å²) in [6.07, 6.45) is 1.32. The number of benzene rings is 1. The Kier molecular flexibility index (Phi) is 3.91. The molecule has 0 spiro atoms. The summed E-state index contributed by atoms with van der Waals surface area (Å²) < 4.78 is 5.00. The highest BCUT2D eigenvalue weighted by Gasteiger charge is 1.98. The molecule has 76 valence electrons. The molecule has 4 heteroatoms. The predicted octanol–water partition coefficient (Wildman–Crippen LogP) is 1.90. The zero-order valence-electron chi connectivity index (χ0n) is 8.10. The van der Waals surface area contributed by atoms with Crippen LogP contribution >= 0.6 is 0 Å².